The minimum Gasteiger partial charge on any atom is -0.486 e. The molecule has 1 aromatic carbocycles. The Balaban J connectivity index is 2.06. The van der Waals surface area contributed by atoms with Gasteiger partial charge in [-0.3, -0.25) is 9.78 Å². The number of aromatic nitrogens is 3. The highest BCUT2D eigenvalue weighted by Gasteiger charge is 2.13. The Morgan fingerprint density at radius 1 is 1.29 bits per heavy atom. The van der Waals surface area contributed by atoms with Crippen LogP contribution < -0.4 is 9.47 Å². The first-order valence-corrected chi connectivity index (χ1v) is 5.68. The second-order valence-corrected chi connectivity index (χ2v) is 4.14. The number of ether oxygens (including phenoxy) is 2. The van der Waals surface area contributed by atoms with Gasteiger partial charge in [0.2, 0.25) is 4.77 Å². The third kappa shape index (κ3) is 1.80. The monoisotopic (exact) mass is 249 g/mol. The fourth-order valence-corrected chi connectivity index (χ4v) is 1.86. The molecule has 0 fully saturated rings. The van der Waals surface area contributed by atoms with E-state index in [2.05, 4.69) is 10.1 Å². The van der Waals surface area contributed by atoms with Crippen molar-refractivity contribution >= 4 is 12.2 Å². The van der Waals surface area contributed by atoms with Crippen LogP contribution in [-0.2, 0) is 7.05 Å². The molecule has 0 bridgehead atoms. The third-order valence-corrected chi connectivity index (χ3v) is 2.95. The second kappa shape index (κ2) is 3.89. The van der Waals surface area contributed by atoms with E-state index in [4.69, 9.17) is 21.7 Å². The number of nitrogens with zero attached hydrogens (tertiary/aromatic N) is 2. The number of nitrogens with one attached hydrogen (secondary N) is 1. The molecule has 0 radical (unpaired) electrons. The molecule has 5 nitrogen and oxygen atoms in total. The fraction of sp³-hybridized carbons (Fsp3) is 0.273. The van der Waals surface area contributed by atoms with Gasteiger partial charge in [-0.25, -0.2) is 0 Å². The number of hydrogen-bond donors (Lipinski definition) is 1. The molecule has 2 aromatic rings. The lowest BCUT2D eigenvalue weighted by molar-refractivity contribution is 0.171. The van der Waals surface area contributed by atoms with Gasteiger partial charge in [-0.05, 0) is 30.4 Å². The summed E-state index contributed by atoms with van der Waals surface area (Å²) in [5, 5.41) is 3.07. The predicted molar refractivity (Wildman–Crippen MR) is 64.8 cm³/mol. The summed E-state index contributed by atoms with van der Waals surface area (Å²) in [6.07, 6.45) is 0. The van der Waals surface area contributed by atoms with Gasteiger partial charge in [-0.1, -0.05) is 0 Å². The quantitative estimate of drug-likeness (QED) is 0.784. The summed E-state index contributed by atoms with van der Waals surface area (Å²) in [6.45, 7) is 1.17. The van der Waals surface area contributed by atoms with Crippen molar-refractivity contribution in [1.82, 2.24) is 14.8 Å². The Kier molecular flexibility index (Phi) is 2.36. The molecule has 1 N–H and O–H groups in total. The molecular formula is C11H11N3O2S. The number of aryl methyl sites for hydroxylation is 1. The molecular weight excluding hydrogens is 238 g/mol. The predicted octanol–water partition coefficient (Wildman–Crippen LogP) is 1.92. The molecule has 2 heterocycles. The molecule has 3 rings (SSSR count). The minimum atomic E-state index is 0.523. The van der Waals surface area contributed by atoms with Crippen LogP contribution in [0, 0.1) is 4.77 Å². The molecule has 0 saturated heterocycles. The van der Waals surface area contributed by atoms with E-state index < -0.39 is 0 Å². The average molecular weight is 249 g/mol. The summed E-state index contributed by atoms with van der Waals surface area (Å²) in [4.78, 5) is 4.26. The van der Waals surface area contributed by atoms with Crippen molar-refractivity contribution in [3.8, 4) is 22.9 Å². The first kappa shape index (κ1) is 10.3. The molecule has 0 amide bonds. The van der Waals surface area contributed by atoms with Crippen LogP contribution in [0.3, 0.4) is 0 Å². The zero-order valence-corrected chi connectivity index (χ0v) is 10.1. The van der Waals surface area contributed by atoms with Gasteiger partial charge in [0.05, 0.1) is 0 Å². The number of hydrogen-bond acceptors (Lipinski definition) is 4. The summed E-state index contributed by atoms with van der Waals surface area (Å²) >= 11 is 5.06. The van der Waals surface area contributed by atoms with Crippen LogP contribution >= 0.6 is 12.2 Å². The van der Waals surface area contributed by atoms with E-state index in [1.165, 1.54) is 0 Å². The number of benzene rings is 1. The van der Waals surface area contributed by atoms with Gasteiger partial charge in [0.1, 0.15) is 13.2 Å². The molecule has 17 heavy (non-hydrogen) atoms. The molecule has 0 aliphatic carbocycles. The molecule has 0 saturated carbocycles. The fourth-order valence-electron chi connectivity index (χ4n) is 1.72. The SMILES string of the molecule is Cn1[nH]c(-c2ccc3c(c2)OCCO3)nc1=S. The molecule has 0 unspecified atom stereocenters. The average Bonchev–Trinajstić information content (AvgIpc) is 2.69. The van der Waals surface area contributed by atoms with Crippen molar-refractivity contribution in [2.45, 2.75) is 0 Å². The highest BCUT2D eigenvalue weighted by atomic mass is 32.1. The van der Waals surface area contributed by atoms with Gasteiger partial charge in [0.25, 0.3) is 0 Å². The standard InChI is InChI=1S/C11H11N3O2S/c1-14-11(17)12-10(13-14)7-2-3-8-9(6-7)16-5-4-15-8/h2-3,6H,4-5H2,1H3,(H,12,13,17). The van der Waals surface area contributed by atoms with E-state index in [9.17, 15) is 0 Å². The Hall–Kier alpha value is -1.82. The molecule has 1 aliphatic rings. The molecule has 0 spiro atoms. The van der Waals surface area contributed by atoms with Crippen LogP contribution in [0.15, 0.2) is 18.2 Å². The second-order valence-electron chi connectivity index (χ2n) is 3.77. The van der Waals surface area contributed by atoms with E-state index in [0.29, 0.717) is 18.0 Å². The normalized spacial score (nSPS) is 13.7. The largest absolute Gasteiger partial charge is 0.486 e. The van der Waals surface area contributed by atoms with Crippen molar-refractivity contribution in [3.05, 3.63) is 23.0 Å². The molecule has 6 heteroatoms. The van der Waals surface area contributed by atoms with E-state index in [0.717, 1.165) is 22.9 Å². The van der Waals surface area contributed by atoms with Crippen LogP contribution in [0.1, 0.15) is 0 Å². The maximum Gasteiger partial charge on any atom is 0.216 e. The summed E-state index contributed by atoms with van der Waals surface area (Å²) in [5.74, 6) is 2.25. The lowest BCUT2D eigenvalue weighted by Crippen LogP contribution is -2.15. The summed E-state index contributed by atoms with van der Waals surface area (Å²) in [5.41, 5.74) is 0.931. The minimum absolute atomic E-state index is 0.523. The van der Waals surface area contributed by atoms with Crippen molar-refractivity contribution in [1.29, 1.82) is 0 Å². The summed E-state index contributed by atoms with van der Waals surface area (Å²) in [6, 6.07) is 5.72. The van der Waals surface area contributed by atoms with Gasteiger partial charge >= 0.3 is 0 Å². The molecule has 0 atom stereocenters. The first-order chi connectivity index (χ1) is 8.24. The van der Waals surface area contributed by atoms with Crippen LogP contribution in [0.4, 0.5) is 0 Å². The molecule has 1 aliphatic heterocycles. The van der Waals surface area contributed by atoms with E-state index in [1.807, 2.05) is 25.2 Å². The maximum atomic E-state index is 5.52. The van der Waals surface area contributed by atoms with Gasteiger partial charge in [0, 0.05) is 12.6 Å². The zero-order chi connectivity index (χ0) is 11.8. The van der Waals surface area contributed by atoms with Crippen molar-refractivity contribution in [2.24, 2.45) is 7.05 Å². The first-order valence-electron chi connectivity index (χ1n) is 5.27. The summed E-state index contributed by atoms with van der Waals surface area (Å²) < 4.78 is 13.2. The lowest BCUT2D eigenvalue weighted by atomic mass is 10.2. The van der Waals surface area contributed by atoms with Crippen molar-refractivity contribution in [2.75, 3.05) is 13.2 Å². The van der Waals surface area contributed by atoms with E-state index in [1.54, 1.807) is 4.68 Å². The Morgan fingerprint density at radius 3 is 2.76 bits per heavy atom. The Bertz CT molecular complexity index is 617. The highest BCUT2D eigenvalue weighted by Crippen LogP contribution is 2.33. The number of fused-ring (bicyclic) bond motifs is 1. The van der Waals surface area contributed by atoms with Gasteiger partial charge in [-0.2, -0.15) is 4.98 Å². The summed E-state index contributed by atoms with van der Waals surface area (Å²) in [7, 11) is 1.83. The number of rotatable bonds is 1. The van der Waals surface area contributed by atoms with Crippen LogP contribution in [-0.4, -0.2) is 28.0 Å². The highest BCUT2D eigenvalue weighted by molar-refractivity contribution is 7.71. The lowest BCUT2D eigenvalue weighted by Gasteiger charge is -2.18. The van der Waals surface area contributed by atoms with Gasteiger partial charge in [-0.15, -0.1) is 0 Å². The van der Waals surface area contributed by atoms with Crippen LogP contribution in [0.25, 0.3) is 11.4 Å². The third-order valence-electron chi connectivity index (χ3n) is 2.58. The Morgan fingerprint density at radius 2 is 2.06 bits per heavy atom. The molecule has 1 aromatic heterocycles. The van der Waals surface area contributed by atoms with Crippen LogP contribution in [0.2, 0.25) is 0 Å². The number of H-pyrrole nitrogens is 1. The van der Waals surface area contributed by atoms with Crippen molar-refractivity contribution < 1.29 is 9.47 Å². The Labute approximate surface area is 103 Å². The maximum absolute atomic E-state index is 5.52. The van der Waals surface area contributed by atoms with Gasteiger partial charge in [0.15, 0.2) is 17.3 Å². The van der Waals surface area contributed by atoms with E-state index >= 15 is 0 Å². The van der Waals surface area contributed by atoms with E-state index in [-0.39, 0.29) is 0 Å². The topological polar surface area (TPSA) is 52.1 Å². The van der Waals surface area contributed by atoms with Crippen LogP contribution in [0.5, 0.6) is 11.5 Å². The van der Waals surface area contributed by atoms with Gasteiger partial charge < -0.3 is 9.47 Å². The number of aromatic amines is 1. The van der Waals surface area contributed by atoms with Crippen molar-refractivity contribution in [3.63, 3.8) is 0 Å². The zero-order valence-electron chi connectivity index (χ0n) is 9.27. The molecule has 88 valence electrons. The smallest absolute Gasteiger partial charge is 0.216 e.